The number of hydrogen-bond acceptors (Lipinski definition) is 2. The molecule has 0 spiro atoms. The molecule has 22 heavy (non-hydrogen) atoms. The highest BCUT2D eigenvalue weighted by atomic mass is 35.5. The van der Waals surface area contributed by atoms with Crippen LogP contribution in [0.4, 0.5) is 0 Å². The Morgan fingerprint density at radius 2 is 2.05 bits per heavy atom. The lowest BCUT2D eigenvalue weighted by Crippen LogP contribution is -2.40. The molecule has 0 radical (unpaired) electrons. The lowest BCUT2D eigenvalue weighted by atomic mass is 9.86. The van der Waals surface area contributed by atoms with Crippen molar-refractivity contribution < 1.29 is 9.90 Å². The van der Waals surface area contributed by atoms with Crippen LogP contribution in [0.25, 0.3) is 0 Å². The molecular weight excluding hydrogens is 298 g/mol. The highest BCUT2D eigenvalue weighted by molar-refractivity contribution is 6.30. The molecule has 120 valence electrons. The number of rotatable bonds is 4. The lowest BCUT2D eigenvalue weighted by molar-refractivity contribution is -0.134. The van der Waals surface area contributed by atoms with E-state index in [2.05, 4.69) is 6.07 Å². The van der Waals surface area contributed by atoms with Gasteiger partial charge in [-0.15, -0.1) is 0 Å². The van der Waals surface area contributed by atoms with E-state index in [0.717, 1.165) is 37.1 Å². The van der Waals surface area contributed by atoms with Gasteiger partial charge >= 0.3 is 0 Å². The van der Waals surface area contributed by atoms with Crippen LogP contribution in [0.2, 0.25) is 5.02 Å². The molecule has 3 nitrogen and oxygen atoms in total. The molecule has 4 heteroatoms. The largest absolute Gasteiger partial charge is 0.396 e. The molecule has 2 aliphatic carbocycles. The van der Waals surface area contributed by atoms with E-state index in [1.165, 1.54) is 5.56 Å². The van der Waals surface area contributed by atoms with Crippen LogP contribution in [0.3, 0.4) is 0 Å². The van der Waals surface area contributed by atoms with Gasteiger partial charge in [-0.05, 0) is 61.6 Å². The van der Waals surface area contributed by atoms with Gasteiger partial charge in [0.05, 0.1) is 0 Å². The zero-order valence-corrected chi connectivity index (χ0v) is 13.8. The van der Waals surface area contributed by atoms with Crippen molar-refractivity contribution in [2.45, 2.75) is 44.1 Å². The first-order valence-electron chi connectivity index (χ1n) is 8.23. The summed E-state index contributed by atoms with van der Waals surface area (Å²) >= 11 is 6.04. The van der Waals surface area contributed by atoms with Crippen molar-refractivity contribution in [1.82, 2.24) is 4.90 Å². The van der Waals surface area contributed by atoms with E-state index in [4.69, 9.17) is 11.6 Å². The summed E-state index contributed by atoms with van der Waals surface area (Å²) in [6, 6.07) is 8.21. The predicted octanol–water partition coefficient (Wildman–Crippen LogP) is 3.45. The minimum Gasteiger partial charge on any atom is -0.396 e. The van der Waals surface area contributed by atoms with Crippen LogP contribution in [0.15, 0.2) is 24.3 Å². The highest BCUT2D eigenvalue weighted by Crippen LogP contribution is 2.49. The molecule has 2 atom stereocenters. The Morgan fingerprint density at radius 1 is 1.32 bits per heavy atom. The van der Waals surface area contributed by atoms with Gasteiger partial charge in [0.2, 0.25) is 5.91 Å². The number of aliphatic hydroxyl groups is 1. The van der Waals surface area contributed by atoms with Gasteiger partial charge in [-0.25, -0.2) is 0 Å². The van der Waals surface area contributed by atoms with Crippen molar-refractivity contribution >= 4 is 17.5 Å². The fraction of sp³-hybridized carbons (Fsp3) is 0.611. The molecule has 0 heterocycles. The molecule has 1 aromatic carbocycles. The van der Waals surface area contributed by atoms with Crippen molar-refractivity contribution in [3.05, 3.63) is 34.9 Å². The zero-order valence-electron chi connectivity index (χ0n) is 13.0. The molecule has 0 saturated heterocycles. The average Bonchev–Trinajstić information content (AvgIpc) is 3.34. The van der Waals surface area contributed by atoms with E-state index >= 15 is 0 Å². The molecule has 3 rings (SSSR count). The molecule has 0 aliphatic heterocycles. The van der Waals surface area contributed by atoms with E-state index < -0.39 is 0 Å². The number of halogens is 1. The number of benzene rings is 1. The molecule has 1 aromatic rings. The molecule has 1 N–H and O–H groups in total. The Balaban J connectivity index is 1.56. The monoisotopic (exact) mass is 321 g/mol. The van der Waals surface area contributed by atoms with Gasteiger partial charge < -0.3 is 10.0 Å². The summed E-state index contributed by atoms with van der Waals surface area (Å²) in [6.45, 7) is 0.282. The summed E-state index contributed by atoms with van der Waals surface area (Å²) in [4.78, 5) is 14.6. The van der Waals surface area contributed by atoms with Crippen molar-refractivity contribution in [1.29, 1.82) is 0 Å². The van der Waals surface area contributed by atoms with Crippen LogP contribution in [-0.2, 0) is 4.79 Å². The maximum absolute atomic E-state index is 12.7. The van der Waals surface area contributed by atoms with E-state index in [-0.39, 0.29) is 18.4 Å². The summed E-state index contributed by atoms with van der Waals surface area (Å²) in [5.41, 5.74) is 1.18. The fourth-order valence-corrected chi connectivity index (χ4v) is 3.93. The molecule has 0 aromatic heterocycles. The first-order valence-corrected chi connectivity index (χ1v) is 8.61. The molecule has 2 saturated carbocycles. The highest BCUT2D eigenvalue weighted by Gasteiger charge is 2.46. The van der Waals surface area contributed by atoms with E-state index in [0.29, 0.717) is 17.9 Å². The summed E-state index contributed by atoms with van der Waals surface area (Å²) in [7, 11) is 1.94. The van der Waals surface area contributed by atoms with E-state index in [1.807, 2.05) is 30.1 Å². The molecule has 0 bridgehead atoms. The maximum atomic E-state index is 12.7. The first kappa shape index (κ1) is 15.8. The lowest BCUT2D eigenvalue weighted by Gasteiger charge is -2.34. The number of nitrogens with zero attached hydrogens (tertiary/aromatic N) is 1. The SMILES string of the molecule is CN(C(=O)C1CC1c1cccc(Cl)c1)C1CCC(CO)CC1. The van der Waals surface area contributed by atoms with Crippen LogP contribution in [0.1, 0.15) is 43.6 Å². The van der Waals surface area contributed by atoms with Crippen molar-refractivity contribution in [2.24, 2.45) is 11.8 Å². The van der Waals surface area contributed by atoms with Crippen LogP contribution < -0.4 is 0 Å². The Hall–Kier alpha value is -1.06. The zero-order chi connectivity index (χ0) is 15.7. The third-order valence-corrected chi connectivity index (χ3v) is 5.59. The normalized spacial score (nSPS) is 30.9. The molecular formula is C18H24ClNO2. The third kappa shape index (κ3) is 3.31. The smallest absolute Gasteiger partial charge is 0.226 e. The summed E-state index contributed by atoms with van der Waals surface area (Å²) in [6.07, 6.45) is 5.03. The molecule has 2 aliphatic rings. The Bertz CT molecular complexity index is 540. The van der Waals surface area contributed by atoms with Gasteiger partial charge in [0.25, 0.3) is 0 Å². The Kier molecular flexibility index (Phi) is 4.74. The summed E-state index contributed by atoms with van der Waals surface area (Å²) < 4.78 is 0. The quantitative estimate of drug-likeness (QED) is 0.922. The summed E-state index contributed by atoms with van der Waals surface area (Å²) in [5, 5.41) is 9.96. The van der Waals surface area contributed by atoms with Crippen molar-refractivity contribution in [3.8, 4) is 0 Å². The van der Waals surface area contributed by atoms with Gasteiger partial charge in [0, 0.05) is 30.6 Å². The van der Waals surface area contributed by atoms with Crippen LogP contribution in [0.5, 0.6) is 0 Å². The van der Waals surface area contributed by atoms with Gasteiger partial charge in [-0.3, -0.25) is 4.79 Å². The second-order valence-corrected chi connectivity index (χ2v) is 7.25. The number of hydrogen-bond donors (Lipinski definition) is 1. The Morgan fingerprint density at radius 3 is 2.68 bits per heavy atom. The second-order valence-electron chi connectivity index (χ2n) is 6.81. The van der Waals surface area contributed by atoms with Crippen LogP contribution in [0, 0.1) is 11.8 Å². The topological polar surface area (TPSA) is 40.5 Å². The Labute approximate surface area is 137 Å². The summed E-state index contributed by atoms with van der Waals surface area (Å²) in [5.74, 6) is 1.17. The molecule has 2 fully saturated rings. The van der Waals surface area contributed by atoms with Gasteiger partial charge in [-0.2, -0.15) is 0 Å². The van der Waals surface area contributed by atoms with Crippen LogP contribution in [-0.4, -0.2) is 35.6 Å². The van der Waals surface area contributed by atoms with Crippen molar-refractivity contribution in [2.75, 3.05) is 13.7 Å². The third-order valence-electron chi connectivity index (χ3n) is 5.35. The standard InChI is InChI=1S/C18H24ClNO2/c1-20(15-7-5-12(11-21)6-8-15)18(22)17-10-16(17)13-3-2-4-14(19)9-13/h2-4,9,12,15-17,21H,5-8,10-11H2,1H3. The first-order chi connectivity index (χ1) is 10.6. The second kappa shape index (κ2) is 6.59. The minimum atomic E-state index is 0.124. The van der Waals surface area contributed by atoms with Crippen LogP contribution >= 0.6 is 11.6 Å². The fourth-order valence-electron chi connectivity index (χ4n) is 3.73. The number of amides is 1. The number of carbonyl (C=O) groups is 1. The van der Waals surface area contributed by atoms with Gasteiger partial charge in [0.1, 0.15) is 0 Å². The minimum absolute atomic E-state index is 0.124. The average molecular weight is 322 g/mol. The van der Waals surface area contributed by atoms with Crippen molar-refractivity contribution in [3.63, 3.8) is 0 Å². The maximum Gasteiger partial charge on any atom is 0.226 e. The van der Waals surface area contributed by atoms with Gasteiger partial charge in [-0.1, -0.05) is 23.7 Å². The van der Waals surface area contributed by atoms with E-state index in [1.54, 1.807) is 0 Å². The number of carbonyl (C=O) groups excluding carboxylic acids is 1. The number of aliphatic hydroxyl groups excluding tert-OH is 1. The molecule has 2 unspecified atom stereocenters. The predicted molar refractivity (Wildman–Crippen MR) is 87.9 cm³/mol. The van der Waals surface area contributed by atoms with Gasteiger partial charge in [0.15, 0.2) is 0 Å². The molecule has 1 amide bonds. The van der Waals surface area contributed by atoms with E-state index in [9.17, 15) is 9.90 Å².